The van der Waals surface area contributed by atoms with E-state index < -0.39 is 10.0 Å². The Balaban J connectivity index is 1.59. The summed E-state index contributed by atoms with van der Waals surface area (Å²) in [6.07, 6.45) is 1.63. The summed E-state index contributed by atoms with van der Waals surface area (Å²) in [6, 6.07) is 5.59. The van der Waals surface area contributed by atoms with Crippen LogP contribution in [0.5, 0.6) is 0 Å². The molecule has 1 aliphatic heterocycles. The van der Waals surface area contributed by atoms with Gasteiger partial charge in [0, 0.05) is 30.0 Å². The van der Waals surface area contributed by atoms with Gasteiger partial charge in [-0.05, 0) is 45.9 Å². The van der Waals surface area contributed by atoms with E-state index in [1.807, 2.05) is 36.6 Å². The van der Waals surface area contributed by atoms with E-state index in [0.717, 1.165) is 17.1 Å². The van der Waals surface area contributed by atoms with E-state index in [-0.39, 0.29) is 17.2 Å². The average Bonchev–Trinajstić information content (AvgIpc) is 3.44. The van der Waals surface area contributed by atoms with Gasteiger partial charge in [-0.15, -0.1) is 0 Å². The van der Waals surface area contributed by atoms with Crippen LogP contribution in [-0.2, 0) is 27.8 Å². The number of nitrogens with zero attached hydrogens (tertiary/aromatic N) is 4. The first-order valence-electron chi connectivity index (χ1n) is 10.5. The number of rotatable bonds is 7. The first-order valence-corrected chi connectivity index (χ1v) is 12.0. The molecule has 3 aromatic rings. The van der Waals surface area contributed by atoms with Crippen LogP contribution in [0, 0.1) is 27.7 Å². The lowest BCUT2D eigenvalue weighted by atomic mass is 10.1. The van der Waals surface area contributed by atoms with Crippen LogP contribution < -0.4 is 0 Å². The third-order valence-electron chi connectivity index (χ3n) is 5.94. The number of carbonyl (C=O) groups excluding carboxylic acids is 1. The Bertz CT molecular complexity index is 1230. The summed E-state index contributed by atoms with van der Waals surface area (Å²) >= 11 is 0. The van der Waals surface area contributed by atoms with Gasteiger partial charge in [0.2, 0.25) is 10.0 Å². The number of morpholine rings is 1. The zero-order valence-electron chi connectivity index (χ0n) is 18.8. The summed E-state index contributed by atoms with van der Waals surface area (Å²) in [4.78, 5) is 13.3. The van der Waals surface area contributed by atoms with Gasteiger partial charge in [0.15, 0.2) is 5.78 Å². The van der Waals surface area contributed by atoms with Crippen molar-refractivity contribution in [3.05, 3.63) is 58.6 Å². The molecule has 32 heavy (non-hydrogen) atoms. The number of hydrogen-bond acceptors (Lipinski definition) is 6. The van der Waals surface area contributed by atoms with Crippen molar-refractivity contribution in [2.24, 2.45) is 0 Å². The van der Waals surface area contributed by atoms with E-state index in [0.29, 0.717) is 49.8 Å². The van der Waals surface area contributed by atoms with Crippen molar-refractivity contribution in [2.75, 3.05) is 26.3 Å². The minimum absolute atomic E-state index is 0.0314. The normalized spacial score (nSPS) is 15.4. The molecule has 9 nitrogen and oxygen atoms in total. The molecule has 0 N–H and O–H groups in total. The zero-order valence-corrected chi connectivity index (χ0v) is 19.6. The van der Waals surface area contributed by atoms with Crippen molar-refractivity contribution in [2.45, 2.75) is 45.7 Å². The van der Waals surface area contributed by atoms with Crippen LogP contribution >= 0.6 is 0 Å². The maximum absolute atomic E-state index is 13.2. The molecule has 0 atom stereocenters. The number of furan rings is 1. The van der Waals surface area contributed by atoms with Crippen LogP contribution in [-0.4, -0.2) is 59.2 Å². The van der Waals surface area contributed by atoms with Crippen molar-refractivity contribution in [1.82, 2.24) is 18.7 Å². The smallest absolute Gasteiger partial charge is 0.246 e. The fraction of sp³-hybridized carbons (Fsp3) is 0.455. The Morgan fingerprint density at radius 2 is 1.84 bits per heavy atom. The summed E-state index contributed by atoms with van der Waals surface area (Å²) in [5.74, 6) is 0.687. The molecule has 0 unspecified atom stereocenters. The Hall–Kier alpha value is -2.69. The highest BCUT2D eigenvalue weighted by molar-refractivity contribution is 7.89. The molecule has 0 bridgehead atoms. The lowest BCUT2D eigenvalue weighted by Gasteiger charge is -2.26. The van der Waals surface area contributed by atoms with Gasteiger partial charge in [0.1, 0.15) is 17.2 Å². The van der Waals surface area contributed by atoms with Gasteiger partial charge >= 0.3 is 0 Å². The second kappa shape index (κ2) is 8.68. The molecule has 1 saturated heterocycles. The molecule has 10 heteroatoms. The molecule has 4 rings (SSSR count). The summed E-state index contributed by atoms with van der Waals surface area (Å²) in [7, 11) is -3.70. The van der Waals surface area contributed by atoms with E-state index in [1.54, 1.807) is 20.1 Å². The minimum atomic E-state index is -3.70. The monoisotopic (exact) mass is 460 g/mol. The first-order chi connectivity index (χ1) is 15.2. The Morgan fingerprint density at radius 3 is 2.50 bits per heavy atom. The van der Waals surface area contributed by atoms with Gasteiger partial charge in [-0.3, -0.25) is 9.48 Å². The van der Waals surface area contributed by atoms with E-state index >= 15 is 0 Å². The maximum atomic E-state index is 13.2. The summed E-state index contributed by atoms with van der Waals surface area (Å²) < 4.78 is 42.0. The second-order valence-corrected chi connectivity index (χ2v) is 9.92. The SMILES string of the molecule is Cc1nn(CC(=O)c2cc(C)n(Cc3ccco3)c2C)c(C)c1S(=O)(=O)N1CCOCC1. The molecule has 0 aliphatic carbocycles. The van der Waals surface area contributed by atoms with Crippen molar-refractivity contribution in [3.8, 4) is 0 Å². The molecule has 0 amide bonds. The van der Waals surface area contributed by atoms with E-state index in [2.05, 4.69) is 5.10 Å². The van der Waals surface area contributed by atoms with Crippen molar-refractivity contribution in [3.63, 3.8) is 0 Å². The molecule has 1 fully saturated rings. The van der Waals surface area contributed by atoms with E-state index in [1.165, 1.54) is 8.99 Å². The third kappa shape index (κ3) is 4.05. The highest BCUT2D eigenvalue weighted by atomic mass is 32.2. The lowest BCUT2D eigenvalue weighted by molar-refractivity contribution is 0.0730. The second-order valence-electron chi connectivity index (χ2n) is 8.05. The number of aryl methyl sites for hydroxylation is 2. The van der Waals surface area contributed by atoms with Crippen LogP contribution in [0.15, 0.2) is 33.8 Å². The molecule has 0 saturated carbocycles. The molecule has 0 spiro atoms. The van der Waals surface area contributed by atoms with E-state index in [9.17, 15) is 13.2 Å². The topological polar surface area (TPSA) is 99.6 Å². The third-order valence-corrected chi connectivity index (χ3v) is 8.10. The number of carbonyl (C=O) groups is 1. The van der Waals surface area contributed by atoms with Crippen molar-refractivity contribution < 1.29 is 22.4 Å². The first kappa shape index (κ1) is 22.5. The Labute approximate surface area is 187 Å². The summed E-state index contributed by atoms with van der Waals surface area (Å²) in [5.41, 5.74) is 3.24. The standard InChI is InChI=1S/C22H28N4O5S/c1-15-12-20(17(3)25(15)13-19-6-5-9-31-19)21(27)14-26-18(4)22(16(2)23-26)32(28,29)24-7-10-30-11-8-24/h5-6,9,12H,7-8,10-11,13-14H2,1-4H3. The predicted molar refractivity (Wildman–Crippen MR) is 117 cm³/mol. The Morgan fingerprint density at radius 1 is 1.12 bits per heavy atom. The number of Topliss-reactive ketones (excluding diaryl/α,β-unsaturated/α-hetero) is 1. The number of aromatic nitrogens is 3. The highest BCUT2D eigenvalue weighted by Gasteiger charge is 2.32. The number of ketones is 1. The van der Waals surface area contributed by atoms with Crippen LogP contribution in [0.3, 0.4) is 0 Å². The van der Waals surface area contributed by atoms with E-state index in [4.69, 9.17) is 9.15 Å². The fourth-order valence-corrected chi connectivity index (χ4v) is 6.01. The zero-order chi connectivity index (χ0) is 23.0. The minimum Gasteiger partial charge on any atom is -0.467 e. The van der Waals surface area contributed by atoms with Crippen molar-refractivity contribution in [1.29, 1.82) is 0 Å². The molecule has 172 valence electrons. The van der Waals surface area contributed by atoms with Gasteiger partial charge in [-0.1, -0.05) is 0 Å². The van der Waals surface area contributed by atoms with Gasteiger partial charge in [-0.25, -0.2) is 8.42 Å². The molecule has 0 aromatic carbocycles. The van der Waals surface area contributed by atoms with Gasteiger partial charge in [-0.2, -0.15) is 9.40 Å². The Kier molecular flexibility index (Phi) is 6.11. The maximum Gasteiger partial charge on any atom is 0.246 e. The molecular formula is C22H28N4O5S. The van der Waals surface area contributed by atoms with Crippen LogP contribution in [0.1, 0.15) is 38.9 Å². The summed E-state index contributed by atoms with van der Waals surface area (Å²) in [5, 5.41) is 4.39. The van der Waals surface area contributed by atoms with Gasteiger partial charge in [0.05, 0.1) is 37.4 Å². The quantitative estimate of drug-likeness (QED) is 0.502. The average molecular weight is 461 g/mol. The molecule has 1 aliphatic rings. The van der Waals surface area contributed by atoms with Crippen LogP contribution in [0.2, 0.25) is 0 Å². The number of hydrogen-bond donors (Lipinski definition) is 0. The fourth-order valence-electron chi connectivity index (χ4n) is 4.23. The number of sulfonamides is 1. The van der Waals surface area contributed by atoms with Crippen LogP contribution in [0.4, 0.5) is 0 Å². The molecule has 3 aromatic heterocycles. The largest absolute Gasteiger partial charge is 0.467 e. The number of ether oxygens (including phenoxy) is 1. The molecule has 0 radical (unpaired) electrons. The highest BCUT2D eigenvalue weighted by Crippen LogP contribution is 2.25. The molecular weight excluding hydrogens is 432 g/mol. The lowest BCUT2D eigenvalue weighted by Crippen LogP contribution is -2.41. The predicted octanol–water partition coefficient (Wildman–Crippen LogP) is 2.46. The summed E-state index contributed by atoms with van der Waals surface area (Å²) in [6.45, 7) is 9.09. The van der Waals surface area contributed by atoms with Crippen LogP contribution in [0.25, 0.3) is 0 Å². The molecule has 4 heterocycles. The van der Waals surface area contributed by atoms with Gasteiger partial charge in [0.25, 0.3) is 0 Å². The van der Waals surface area contributed by atoms with Crippen molar-refractivity contribution >= 4 is 15.8 Å². The van der Waals surface area contributed by atoms with Gasteiger partial charge < -0.3 is 13.7 Å².